The number of halogens is 1. The van der Waals surface area contributed by atoms with Crippen molar-refractivity contribution in [2.45, 2.75) is 26.2 Å². The van der Waals surface area contributed by atoms with E-state index in [4.69, 9.17) is 5.84 Å². The van der Waals surface area contributed by atoms with Crippen molar-refractivity contribution >= 4 is 5.82 Å². The van der Waals surface area contributed by atoms with Crippen LogP contribution >= 0.6 is 0 Å². The van der Waals surface area contributed by atoms with Crippen LogP contribution in [0.15, 0.2) is 0 Å². The van der Waals surface area contributed by atoms with Gasteiger partial charge in [-0.1, -0.05) is 0 Å². The fourth-order valence-corrected chi connectivity index (χ4v) is 1.38. The molecule has 0 aliphatic heterocycles. The van der Waals surface area contributed by atoms with Crippen LogP contribution in [0.3, 0.4) is 0 Å². The Hall–Kier alpha value is -1.23. The number of nitrogens with zero attached hydrogens (tertiary/aromatic N) is 2. The first kappa shape index (κ1) is 9.33. The van der Waals surface area contributed by atoms with Crippen LogP contribution in [0.25, 0.3) is 0 Å². The van der Waals surface area contributed by atoms with E-state index < -0.39 is 5.82 Å². The van der Waals surface area contributed by atoms with Gasteiger partial charge < -0.3 is 5.43 Å². The molecule has 2 rings (SSSR count). The number of hydrogen-bond acceptors (Lipinski definition) is 4. The second kappa shape index (κ2) is 3.49. The summed E-state index contributed by atoms with van der Waals surface area (Å²) in [6.07, 6.45) is 3.28. The monoisotopic (exact) mass is 196 g/mol. The number of aromatic nitrogens is 2. The third-order valence-corrected chi connectivity index (χ3v) is 2.37. The van der Waals surface area contributed by atoms with Crippen LogP contribution in [0, 0.1) is 18.7 Å². The Kier molecular flexibility index (Phi) is 2.33. The number of nitrogens with one attached hydrogen (secondary N) is 1. The summed E-state index contributed by atoms with van der Waals surface area (Å²) in [7, 11) is 0. The molecule has 1 aliphatic rings. The van der Waals surface area contributed by atoms with Crippen molar-refractivity contribution in [3.05, 3.63) is 17.3 Å². The molecule has 1 heterocycles. The summed E-state index contributed by atoms with van der Waals surface area (Å²) in [4.78, 5) is 8.09. The van der Waals surface area contributed by atoms with Crippen molar-refractivity contribution in [2.75, 3.05) is 5.43 Å². The molecular weight excluding hydrogens is 183 g/mol. The topological polar surface area (TPSA) is 63.8 Å². The lowest BCUT2D eigenvalue weighted by Gasteiger charge is -2.06. The number of rotatable bonds is 3. The van der Waals surface area contributed by atoms with E-state index in [0.717, 1.165) is 6.42 Å². The molecule has 0 bridgehead atoms. The number of nitrogens with two attached hydrogens (primary N) is 1. The van der Waals surface area contributed by atoms with Gasteiger partial charge in [0.05, 0.1) is 5.69 Å². The molecule has 1 saturated carbocycles. The van der Waals surface area contributed by atoms with Gasteiger partial charge in [-0.3, -0.25) is 0 Å². The predicted octanol–water partition coefficient (Wildman–Crippen LogP) is 1.16. The van der Waals surface area contributed by atoms with Crippen LogP contribution in [-0.4, -0.2) is 9.97 Å². The highest BCUT2D eigenvalue weighted by Gasteiger charge is 2.23. The van der Waals surface area contributed by atoms with Crippen LogP contribution in [-0.2, 0) is 6.42 Å². The highest BCUT2D eigenvalue weighted by atomic mass is 19.1. The van der Waals surface area contributed by atoms with Crippen molar-refractivity contribution in [2.24, 2.45) is 11.8 Å². The minimum Gasteiger partial charge on any atom is -0.306 e. The molecule has 0 aromatic carbocycles. The highest BCUT2D eigenvalue weighted by molar-refractivity contribution is 5.36. The minimum absolute atomic E-state index is 0.0909. The summed E-state index contributed by atoms with van der Waals surface area (Å²) in [5, 5.41) is 0. The smallest absolute Gasteiger partial charge is 0.187 e. The van der Waals surface area contributed by atoms with E-state index in [-0.39, 0.29) is 5.82 Å². The number of hydrogen-bond donors (Lipinski definition) is 2. The van der Waals surface area contributed by atoms with Gasteiger partial charge in [0.1, 0.15) is 5.82 Å². The normalized spacial score (nSPS) is 15.6. The molecule has 0 atom stereocenters. The van der Waals surface area contributed by atoms with Crippen LogP contribution in [0.1, 0.15) is 24.4 Å². The van der Waals surface area contributed by atoms with E-state index in [2.05, 4.69) is 15.4 Å². The summed E-state index contributed by atoms with van der Waals surface area (Å²) in [6.45, 7) is 1.62. The molecule has 0 saturated heterocycles. The number of anilines is 1. The number of hydrazine groups is 1. The maximum absolute atomic E-state index is 13.3. The van der Waals surface area contributed by atoms with Gasteiger partial charge in [0.25, 0.3) is 0 Å². The molecule has 5 heteroatoms. The molecule has 0 radical (unpaired) electrons. The summed E-state index contributed by atoms with van der Waals surface area (Å²) >= 11 is 0. The molecule has 76 valence electrons. The van der Waals surface area contributed by atoms with Gasteiger partial charge >= 0.3 is 0 Å². The predicted molar refractivity (Wildman–Crippen MR) is 51.0 cm³/mol. The zero-order valence-corrected chi connectivity index (χ0v) is 8.05. The lowest BCUT2D eigenvalue weighted by molar-refractivity contribution is 0.597. The lowest BCUT2D eigenvalue weighted by atomic mass is 10.2. The molecule has 0 amide bonds. The standard InChI is InChI=1S/C9H13FN4/c1-5-8(10)9(14-11)13-7(12-5)4-6-2-3-6/h6H,2-4,11H2,1H3,(H,12,13,14). The first-order valence-corrected chi connectivity index (χ1v) is 4.70. The van der Waals surface area contributed by atoms with Crippen LogP contribution in [0.4, 0.5) is 10.2 Å². The second-order valence-electron chi connectivity index (χ2n) is 3.68. The maximum Gasteiger partial charge on any atom is 0.187 e. The Balaban J connectivity index is 2.27. The number of nitrogen functional groups attached to an aromatic ring is 1. The SMILES string of the molecule is Cc1nc(CC2CC2)nc(NN)c1F. The third kappa shape index (κ3) is 1.82. The zero-order valence-electron chi connectivity index (χ0n) is 8.05. The van der Waals surface area contributed by atoms with E-state index in [1.165, 1.54) is 12.8 Å². The van der Waals surface area contributed by atoms with Gasteiger partial charge in [0.15, 0.2) is 11.6 Å². The molecule has 1 aliphatic carbocycles. The summed E-state index contributed by atoms with van der Waals surface area (Å²) in [5.74, 6) is 6.15. The van der Waals surface area contributed by atoms with Crippen LogP contribution in [0.2, 0.25) is 0 Å². The molecule has 1 fully saturated rings. The van der Waals surface area contributed by atoms with E-state index in [9.17, 15) is 4.39 Å². The first-order chi connectivity index (χ1) is 6.70. The fraction of sp³-hybridized carbons (Fsp3) is 0.556. The Morgan fingerprint density at radius 3 is 2.79 bits per heavy atom. The highest BCUT2D eigenvalue weighted by Crippen LogP contribution is 2.32. The van der Waals surface area contributed by atoms with Crippen molar-refractivity contribution in [3.63, 3.8) is 0 Å². The van der Waals surface area contributed by atoms with Gasteiger partial charge in [-0.05, 0) is 25.7 Å². The summed E-state index contributed by atoms with van der Waals surface area (Å²) < 4.78 is 13.3. The molecule has 0 spiro atoms. The van der Waals surface area contributed by atoms with E-state index in [0.29, 0.717) is 17.4 Å². The van der Waals surface area contributed by atoms with Gasteiger partial charge in [-0.25, -0.2) is 20.2 Å². The molecule has 0 unspecified atom stereocenters. The van der Waals surface area contributed by atoms with Crippen molar-refractivity contribution < 1.29 is 4.39 Å². The summed E-state index contributed by atoms with van der Waals surface area (Å²) in [6, 6.07) is 0. The van der Waals surface area contributed by atoms with Gasteiger partial charge in [0.2, 0.25) is 0 Å². The average molecular weight is 196 g/mol. The van der Waals surface area contributed by atoms with Gasteiger partial charge in [0, 0.05) is 6.42 Å². The molecule has 4 nitrogen and oxygen atoms in total. The Bertz CT molecular complexity index is 349. The second-order valence-corrected chi connectivity index (χ2v) is 3.68. The maximum atomic E-state index is 13.3. The van der Waals surface area contributed by atoms with Crippen molar-refractivity contribution in [3.8, 4) is 0 Å². The van der Waals surface area contributed by atoms with Crippen molar-refractivity contribution in [1.29, 1.82) is 0 Å². The molecule has 14 heavy (non-hydrogen) atoms. The van der Waals surface area contributed by atoms with Crippen LogP contribution in [0.5, 0.6) is 0 Å². The van der Waals surface area contributed by atoms with Crippen LogP contribution < -0.4 is 11.3 Å². The third-order valence-electron chi connectivity index (χ3n) is 2.37. The molecule has 1 aromatic rings. The number of aryl methyl sites for hydroxylation is 1. The fourth-order valence-electron chi connectivity index (χ4n) is 1.38. The molecule has 3 N–H and O–H groups in total. The van der Waals surface area contributed by atoms with Crippen molar-refractivity contribution in [1.82, 2.24) is 9.97 Å². The quantitative estimate of drug-likeness (QED) is 0.562. The molecule has 1 aromatic heterocycles. The van der Waals surface area contributed by atoms with E-state index in [1.807, 2.05) is 0 Å². The minimum atomic E-state index is -0.466. The Labute approximate surface area is 81.7 Å². The first-order valence-electron chi connectivity index (χ1n) is 4.70. The lowest BCUT2D eigenvalue weighted by Crippen LogP contribution is -2.14. The average Bonchev–Trinajstić information content (AvgIpc) is 2.95. The Morgan fingerprint density at radius 1 is 1.50 bits per heavy atom. The van der Waals surface area contributed by atoms with E-state index in [1.54, 1.807) is 6.92 Å². The largest absolute Gasteiger partial charge is 0.306 e. The zero-order chi connectivity index (χ0) is 10.1. The Morgan fingerprint density at radius 2 is 2.21 bits per heavy atom. The van der Waals surface area contributed by atoms with Gasteiger partial charge in [-0.2, -0.15) is 0 Å². The van der Waals surface area contributed by atoms with E-state index >= 15 is 0 Å². The summed E-state index contributed by atoms with van der Waals surface area (Å²) in [5.41, 5.74) is 2.59. The van der Waals surface area contributed by atoms with Gasteiger partial charge in [-0.15, -0.1) is 0 Å². The molecular formula is C9H13FN4.